The summed E-state index contributed by atoms with van der Waals surface area (Å²) in [7, 11) is 1.64. The van der Waals surface area contributed by atoms with Gasteiger partial charge < -0.3 is 20.5 Å². The van der Waals surface area contributed by atoms with Gasteiger partial charge in [0.2, 0.25) is 0 Å². The van der Waals surface area contributed by atoms with Crippen molar-refractivity contribution in [2.45, 2.75) is 51.1 Å². The fraction of sp³-hybridized carbons (Fsp3) is 0.524. The summed E-state index contributed by atoms with van der Waals surface area (Å²) in [4.78, 5) is 12.9. The van der Waals surface area contributed by atoms with E-state index in [1.54, 1.807) is 11.8 Å². The van der Waals surface area contributed by atoms with Gasteiger partial charge in [-0.3, -0.25) is 4.79 Å². The number of carbonyl (C=O) groups excluding carboxylic acids is 1. The number of carbonyl (C=O) groups is 1. The Kier molecular flexibility index (Phi) is 5.02. The summed E-state index contributed by atoms with van der Waals surface area (Å²) < 4.78 is 12.6. The number of aryl methyl sites for hydroxylation is 1. The van der Waals surface area contributed by atoms with Gasteiger partial charge in [0.1, 0.15) is 17.1 Å². The number of unbranched alkanes of at least 4 members (excludes halogenated alkanes) is 1. The number of fused-ring (bicyclic) bond motifs is 3. The molecule has 4 rings (SSSR count). The van der Waals surface area contributed by atoms with Crippen LogP contribution in [0.4, 0.5) is 5.82 Å². The van der Waals surface area contributed by atoms with E-state index in [9.17, 15) is 4.79 Å². The number of rotatable bonds is 7. The lowest BCUT2D eigenvalue weighted by molar-refractivity contribution is 0.0876. The highest BCUT2D eigenvalue weighted by molar-refractivity contribution is 6.01. The van der Waals surface area contributed by atoms with Gasteiger partial charge in [0, 0.05) is 13.5 Å². The van der Waals surface area contributed by atoms with Gasteiger partial charge in [-0.2, -0.15) is 5.10 Å². The van der Waals surface area contributed by atoms with E-state index in [0.29, 0.717) is 31.0 Å². The molecule has 0 saturated carbocycles. The number of aromatic nitrogens is 2. The molecule has 7 nitrogen and oxygen atoms in total. The molecule has 28 heavy (non-hydrogen) atoms. The first kappa shape index (κ1) is 18.8. The van der Waals surface area contributed by atoms with Crippen LogP contribution in [0.25, 0.3) is 0 Å². The molecule has 0 bridgehead atoms. The Morgan fingerprint density at radius 3 is 3.00 bits per heavy atom. The van der Waals surface area contributed by atoms with Gasteiger partial charge in [-0.1, -0.05) is 19.4 Å². The molecule has 0 radical (unpaired) electrons. The van der Waals surface area contributed by atoms with Gasteiger partial charge in [0.05, 0.1) is 31.0 Å². The number of nitrogens with one attached hydrogen (secondary N) is 1. The summed E-state index contributed by atoms with van der Waals surface area (Å²) in [5.41, 5.74) is 9.46. The highest BCUT2D eigenvalue weighted by Crippen LogP contribution is 2.44. The summed E-state index contributed by atoms with van der Waals surface area (Å²) in [5.74, 6) is 1.18. The lowest BCUT2D eigenvalue weighted by Gasteiger charge is -2.34. The van der Waals surface area contributed by atoms with Gasteiger partial charge in [-0.05, 0) is 42.5 Å². The largest absolute Gasteiger partial charge is 0.494 e. The Bertz CT molecular complexity index is 892. The molecule has 3 N–H and O–H groups in total. The van der Waals surface area contributed by atoms with Gasteiger partial charge in [-0.15, -0.1) is 0 Å². The van der Waals surface area contributed by atoms with Crippen molar-refractivity contribution in [1.29, 1.82) is 0 Å². The number of nitrogens with zero attached hydrogens (tertiary/aromatic N) is 2. The maximum absolute atomic E-state index is 12.9. The zero-order valence-corrected chi connectivity index (χ0v) is 16.6. The molecule has 1 atom stereocenters. The number of hydrogen-bond acceptors (Lipinski definition) is 5. The second kappa shape index (κ2) is 7.47. The van der Waals surface area contributed by atoms with E-state index >= 15 is 0 Å². The van der Waals surface area contributed by atoms with Gasteiger partial charge in [0.25, 0.3) is 5.91 Å². The zero-order chi connectivity index (χ0) is 19.7. The third-order valence-corrected chi connectivity index (χ3v) is 5.80. The molecule has 1 aromatic carbocycles. The number of ether oxygens (including phenoxy) is 2. The normalized spacial score (nSPS) is 20.1. The molecule has 1 aliphatic carbocycles. The molecule has 0 fully saturated rings. The van der Waals surface area contributed by atoms with E-state index in [2.05, 4.69) is 29.5 Å². The highest BCUT2D eigenvalue weighted by atomic mass is 16.5. The number of hydrogen-bond donors (Lipinski definition) is 2. The van der Waals surface area contributed by atoms with E-state index in [0.717, 1.165) is 43.7 Å². The van der Waals surface area contributed by atoms with E-state index in [4.69, 9.17) is 15.2 Å². The molecule has 0 unspecified atom stereocenters. The van der Waals surface area contributed by atoms with Crippen LogP contribution in [0.2, 0.25) is 0 Å². The third kappa shape index (κ3) is 3.13. The maximum atomic E-state index is 12.9. The van der Waals surface area contributed by atoms with E-state index in [1.165, 1.54) is 11.1 Å². The number of anilines is 1. The minimum atomic E-state index is -0.408. The Hall–Kier alpha value is -2.54. The van der Waals surface area contributed by atoms with Crippen LogP contribution in [-0.4, -0.2) is 36.0 Å². The average Bonchev–Trinajstić information content (AvgIpc) is 3.18. The summed E-state index contributed by atoms with van der Waals surface area (Å²) in [6.07, 6.45) is 4.59. The van der Waals surface area contributed by atoms with Crippen LogP contribution >= 0.6 is 0 Å². The Morgan fingerprint density at radius 1 is 1.36 bits per heavy atom. The van der Waals surface area contributed by atoms with Crippen molar-refractivity contribution in [1.82, 2.24) is 15.1 Å². The molecule has 1 spiro atoms. The Morgan fingerprint density at radius 2 is 2.21 bits per heavy atom. The topological polar surface area (TPSA) is 91.4 Å². The SMILES string of the molecule is CCCCOc1ccc2c(c1)CC[C@]21Cc2nn(CCOC)c(N)c2C(=O)N1. The molecule has 2 heterocycles. The molecular formula is C21H28N4O3. The van der Waals surface area contributed by atoms with Crippen molar-refractivity contribution < 1.29 is 14.3 Å². The second-order valence-electron chi connectivity index (χ2n) is 7.66. The Balaban J connectivity index is 1.61. The predicted molar refractivity (Wildman–Crippen MR) is 107 cm³/mol. The van der Waals surface area contributed by atoms with E-state index < -0.39 is 5.54 Å². The molecular weight excluding hydrogens is 356 g/mol. The van der Waals surface area contributed by atoms with Crippen LogP contribution in [0.3, 0.4) is 0 Å². The number of methoxy groups -OCH3 is 1. The molecule has 1 amide bonds. The first-order chi connectivity index (χ1) is 13.6. The first-order valence-electron chi connectivity index (χ1n) is 10.0. The van der Waals surface area contributed by atoms with Crippen molar-refractivity contribution in [2.75, 3.05) is 26.1 Å². The van der Waals surface area contributed by atoms with E-state index in [-0.39, 0.29) is 5.91 Å². The van der Waals surface area contributed by atoms with Crippen molar-refractivity contribution in [2.24, 2.45) is 0 Å². The quantitative estimate of drug-likeness (QED) is 0.716. The standard InChI is InChI=1S/C21H28N4O3/c1-3-4-10-28-15-5-6-16-14(12-15)7-8-21(16)13-17-18(20(26)23-21)19(22)25(24-17)9-11-27-2/h5-6,12H,3-4,7-11,13,22H2,1-2H3,(H,23,26)/t21-/m0/s1. The lowest BCUT2D eigenvalue weighted by atomic mass is 9.83. The van der Waals surface area contributed by atoms with Crippen molar-refractivity contribution >= 4 is 11.7 Å². The molecule has 2 aromatic rings. The molecule has 7 heteroatoms. The summed E-state index contributed by atoms with van der Waals surface area (Å²) in [6.45, 7) is 3.92. The zero-order valence-electron chi connectivity index (χ0n) is 16.6. The molecule has 1 aliphatic heterocycles. The number of nitrogens with two attached hydrogens (primary N) is 1. The van der Waals surface area contributed by atoms with Gasteiger partial charge in [0.15, 0.2) is 0 Å². The second-order valence-corrected chi connectivity index (χ2v) is 7.66. The van der Waals surface area contributed by atoms with Crippen molar-refractivity contribution in [3.8, 4) is 5.75 Å². The van der Waals surface area contributed by atoms with Crippen molar-refractivity contribution in [3.05, 3.63) is 40.6 Å². The van der Waals surface area contributed by atoms with Crippen LogP contribution in [0.5, 0.6) is 5.75 Å². The summed E-state index contributed by atoms with van der Waals surface area (Å²) in [5, 5.41) is 7.87. The molecule has 1 aromatic heterocycles. The number of amides is 1. The highest BCUT2D eigenvalue weighted by Gasteiger charge is 2.46. The molecule has 0 saturated heterocycles. The van der Waals surface area contributed by atoms with Gasteiger partial charge in [-0.25, -0.2) is 4.68 Å². The minimum absolute atomic E-state index is 0.140. The maximum Gasteiger partial charge on any atom is 0.257 e. The third-order valence-electron chi connectivity index (χ3n) is 5.80. The smallest absolute Gasteiger partial charge is 0.257 e. The van der Waals surface area contributed by atoms with Gasteiger partial charge >= 0.3 is 0 Å². The predicted octanol–water partition coefficient (Wildman–Crippen LogP) is 2.42. The monoisotopic (exact) mass is 384 g/mol. The number of nitrogen functional groups attached to an aromatic ring is 1. The van der Waals surface area contributed by atoms with Crippen LogP contribution in [-0.2, 0) is 29.7 Å². The van der Waals surface area contributed by atoms with Crippen LogP contribution in [0.15, 0.2) is 18.2 Å². The fourth-order valence-electron chi connectivity index (χ4n) is 4.32. The van der Waals surface area contributed by atoms with E-state index in [1.807, 2.05) is 6.07 Å². The van der Waals surface area contributed by atoms with Crippen LogP contribution < -0.4 is 15.8 Å². The number of benzene rings is 1. The first-order valence-corrected chi connectivity index (χ1v) is 10.0. The average molecular weight is 384 g/mol. The fourth-order valence-corrected chi connectivity index (χ4v) is 4.32. The lowest BCUT2D eigenvalue weighted by Crippen LogP contribution is -2.49. The summed E-state index contributed by atoms with van der Waals surface area (Å²) in [6, 6.07) is 6.22. The molecule has 2 aliphatic rings. The van der Waals surface area contributed by atoms with Crippen molar-refractivity contribution in [3.63, 3.8) is 0 Å². The van der Waals surface area contributed by atoms with Crippen LogP contribution in [0, 0.1) is 0 Å². The Labute approximate surface area is 165 Å². The molecule has 150 valence electrons. The minimum Gasteiger partial charge on any atom is -0.494 e. The summed E-state index contributed by atoms with van der Waals surface area (Å²) >= 11 is 0. The van der Waals surface area contributed by atoms with Crippen LogP contribution in [0.1, 0.15) is 53.4 Å².